The fourth-order valence-corrected chi connectivity index (χ4v) is 0.744. The number of likely N-dealkylation sites (N-methyl/N-ethyl adjacent to an activating group) is 1. The highest BCUT2D eigenvalue weighted by Gasteiger charge is 2.25. The summed E-state index contributed by atoms with van der Waals surface area (Å²) in [6.07, 6.45) is -0.579. The molecule has 1 aliphatic heterocycles. The van der Waals surface area contributed by atoms with E-state index in [1.54, 1.807) is 0 Å². The molecule has 0 aromatic carbocycles. The van der Waals surface area contributed by atoms with Gasteiger partial charge in [0.05, 0.1) is 7.05 Å². The van der Waals surface area contributed by atoms with Crippen LogP contribution >= 0.6 is 0 Å². The molecule has 1 aliphatic rings. The van der Waals surface area contributed by atoms with Gasteiger partial charge in [-0.2, -0.15) is 0 Å². The minimum atomic E-state index is -0.540. The van der Waals surface area contributed by atoms with Crippen LogP contribution in [0.4, 0.5) is 4.79 Å². The predicted octanol–water partition coefficient (Wildman–Crippen LogP) is -1.28. The van der Waals surface area contributed by atoms with Crippen LogP contribution in [-0.2, 0) is 9.47 Å². The topological polar surface area (TPSA) is 52.1 Å². The summed E-state index contributed by atoms with van der Waals surface area (Å²) < 4.78 is 9.25. The second kappa shape index (κ2) is 2.68. The van der Waals surface area contributed by atoms with E-state index in [1.165, 1.54) is 0 Å². The van der Waals surface area contributed by atoms with Gasteiger partial charge in [-0.1, -0.05) is 0 Å². The molecule has 0 aromatic rings. The molecule has 1 fully saturated rings. The van der Waals surface area contributed by atoms with E-state index in [4.69, 9.17) is 4.74 Å². The second-order valence-electron chi connectivity index (χ2n) is 1.94. The van der Waals surface area contributed by atoms with Gasteiger partial charge in [-0.05, 0) is 0 Å². The van der Waals surface area contributed by atoms with Gasteiger partial charge in [0.2, 0.25) is 0 Å². The lowest BCUT2D eigenvalue weighted by molar-refractivity contribution is -0.632. The maximum absolute atomic E-state index is 10.3. The molecular weight excluding hydrogens is 122 g/mol. The maximum atomic E-state index is 10.3. The third-order valence-corrected chi connectivity index (χ3v) is 1.15. The van der Waals surface area contributed by atoms with Gasteiger partial charge in [0.15, 0.2) is 6.10 Å². The first kappa shape index (κ1) is 6.35. The molecule has 0 radical (unpaired) electrons. The van der Waals surface area contributed by atoms with Crippen LogP contribution in [0.3, 0.4) is 0 Å². The van der Waals surface area contributed by atoms with Crippen molar-refractivity contribution in [3.63, 3.8) is 0 Å². The summed E-state index contributed by atoms with van der Waals surface area (Å²) in [7, 11) is 1.92. The Morgan fingerprint density at radius 1 is 1.89 bits per heavy atom. The van der Waals surface area contributed by atoms with Crippen molar-refractivity contribution in [3.8, 4) is 0 Å². The number of carbonyl (C=O) groups excluding carboxylic acids is 1. The fraction of sp³-hybridized carbons (Fsp3) is 0.800. The van der Waals surface area contributed by atoms with E-state index in [0.29, 0.717) is 6.61 Å². The Morgan fingerprint density at radius 3 is 3.11 bits per heavy atom. The summed E-state index contributed by atoms with van der Waals surface area (Å²) in [5, 5.41) is 1.95. The molecule has 1 atom stereocenters. The molecule has 52 valence electrons. The normalized spacial score (nSPS) is 25.4. The molecule has 1 heterocycles. The zero-order chi connectivity index (χ0) is 6.69. The average molecular weight is 132 g/mol. The number of hydrogen-bond acceptors (Lipinski definition) is 3. The largest absolute Gasteiger partial charge is 0.509 e. The van der Waals surface area contributed by atoms with Crippen molar-refractivity contribution in [2.75, 3.05) is 20.2 Å². The lowest BCUT2D eigenvalue weighted by Gasteiger charge is -1.99. The van der Waals surface area contributed by atoms with E-state index in [9.17, 15) is 4.79 Å². The third-order valence-electron chi connectivity index (χ3n) is 1.15. The zero-order valence-electron chi connectivity index (χ0n) is 5.29. The van der Waals surface area contributed by atoms with Gasteiger partial charge in [0.1, 0.15) is 13.2 Å². The van der Waals surface area contributed by atoms with Gasteiger partial charge in [0, 0.05) is 0 Å². The first-order valence-corrected chi connectivity index (χ1v) is 2.94. The number of cyclic esters (lactones) is 2. The zero-order valence-corrected chi connectivity index (χ0v) is 5.29. The van der Waals surface area contributed by atoms with Crippen molar-refractivity contribution >= 4 is 6.16 Å². The Bertz CT molecular complexity index is 115. The summed E-state index contributed by atoms with van der Waals surface area (Å²) >= 11 is 0. The fourth-order valence-electron chi connectivity index (χ4n) is 0.744. The maximum Gasteiger partial charge on any atom is 0.509 e. The van der Waals surface area contributed by atoms with E-state index >= 15 is 0 Å². The molecule has 1 rings (SSSR count). The van der Waals surface area contributed by atoms with Crippen molar-refractivity contribution in [2.45, 2.75) is 6.10 Å². The number of rotatable bonds is 2. The van der Waals surface area contributed by atoms with Crippen LogP contribution in [0.15, 0.2) is 0 Å². The molecule has 0 amide bonds. The highest BCUT2D eigenvalue weighted by Crippen LogP contribution is 2.02. The molecule has 0 spiro atoms. The van der Waals surface area contributed by atoms with Gasteiger partial charge in [-0.25, -0.2) is 4.79 Å². The third kappa shape index (κ3) is 1.57. The second-order valence-corrected chi connectivity index (χ2v) is 1.94. The van der Waals surface area contributed by atoms with Gasteiger partial charge in [0.25, 0.3) is 0 Å². The molecule has 0 saturated carbocycles. The van der Waals surface area contributed by atoms with Crippen LogP contribution < -0.4 is 5.32 Å². The van der Waals surface area contributed by atoms with Crippen LogP contribution in [-0.4, -0.2) is 32.5 Å². The molecular formula is C5H10NO3+. The summed E-state index contributed by atoms with van der Waals surface area (Å²) in [4.78, 5) is 10.3. The summed E-state index contributed by atoms with van der Waals surface area (Å²) in [5.41, 5.74) is 0. The predicted molar refractivity (Wildman–Crippen MR) is 28.9 cm³/mol. The average Bonchev–Trinajstić information content (AvgIpc) is 2.17. The van der Waals surface area contributed by atoms with E-state index in [2.05, 4.69) is 4.74 Å². The highest BCUT2D eigenvalue weighted by atomic mass is 16.8. The molecule has 4 nitrogen and oxygen atoms in total. The SMILES string of the molecule is C[NH2+]CC1COC(=O)O1. The Hall–Kier alpha value is -0.770. The van der Waals surface area contributed by atoms with Gasteiger partial charge in [-0.15, -0.1) is 0 Å². The van der Waals surface area contributed by atoms with Crippen molar-refractivity contribution in [3.05, 3.63) is 0 Å². The number of nitrogens with two attached hydrogens (primary N) is 1. The minimum absolute atomic E-state index is 0.0394. The Balaban J connectivity index is 2.22. The summed E-state index contributed by atoms with van der Waals surface area (Å²) in [5.74, 6) is 0. The molecule has 1 saturated heterocycles. The summed E-state index contributed by atoms with van der Waals surface area (Å²) in [6.45, 7) is 1.19. The molecule has 0 aromatic heterocycles. The first-order valence-electron chi connectivity index (χ1n) is 2.94. The molecule has 4 heteroatoms. The monoisotopic (exact) mass is 132 g/mol. The van der Waals surface area contributed by atoms with Crippen molar-refractivity contribution in [2.24, 2.45) is 0 Å². The standard InChI is InChI=1S/C5H9NO3/c1-6-2-4-3-8-5(7)9-4/h4,6H,2-3H2,1H3/p+1. The van der Waals surface area contributed by atoms with Crippen LogP contribution in [0.25, 0.3) is 0 Å². The molecule has 2 N–H and O–H groups in total. The number of quaternary nitrogens is 1. The molecule has 9 heavy (non-hydrogen) atoms. The molecule has 0 aliphatic carbocycles. The van der Waals surface area contributed by atoms with Crippen molar-refractivity contribution < 1.29 is 19.6 Å². The van der Waals surface area contributed by atoms with Crippen molar-refractivity contribution in [1.82, 2.24) is 0 Å². The van der Waals surface area contributed by atoms with Crippen LogP contribution in [0.5, 0.6) is 0 Å². The smallest absolute Gasteiger partial charge is 0.430 e. The lowest BCUT2D eigenvalue weighted by Crippen LogP contribution is -2.82. The van der Waals surface area contributed by atoms with Gasteiger partial charge < -0.3 is 14.8 Å². The van der Waals surface area contributed by atoms with Gasteiger partial charge in [-0.3, -0.25) is 0 Å². The highest BCUT2D eigenvalue weighted by molar-refractivity contribution is 5.61. The van der Waals surface area contributed by atoms with Gasteiger partial charge >= 0.3 is 6.16 Å². The van der Waals surface area contributed by atoms with Crippen LogP contribution in [0.2, 0.25) is 0 Å². The van der Waals surface area contributed by atoms with E-state index in [-0.39, 0.29) is 6.10 Å². The molecule has 1 unspecified atom stereocenters. The number of ether oxygens (including phenoxy) is 2. The quantitative estimate of drug-likeness (QED) is 0.476. The number of hydrogen-bond donors (Lipinski definition) is 1. The van der Waals surface area contributed by atoms with Crippen LogP contribution in [0.1, 0.15) is 0 Å². The Kier molecular flexibility index (Phi) is 1.89. The van der Waals surface area contributed by atoms with E-state index in [0.717, 1.165) is 6.54 Å². The lowest BCUT2D eigenvalue weighted by atomic mass is 10.4. The van der Waals surface area contributed by atoms with E-state index in [1.807, 2.05) is 12.4 Å². The van der Waals surface area contributed by atoms with Crippen molar-refractivity contribution in [1.29, 1.82) is 0 Å². The first-order chi connectivity index (χ1) is 4.33. The minimum Gasteiger partial charge on any atom is -0.430 e. The molecule has 0 bridgehead atoms. The van der Waals surface area contributed by atoms with Crippen LogP contribution in [0, 0.1) is 0 Å². The Labute approximate surface area is 53.1 Å². The Morgan fingerprint density at radius 2 is 2.67 bits per heavy atom. The van der Waals surface area contributed by atoms with E-state index < -0.39 is 6.16 Å². The summed E-state index contributed by atoms with van der Waals surface area (Å²) in [6, 6.07) is 0. The number of carbonyl (C=O) groups is 1.